The summed E-state index contributed by atoms with van der Waals surface area (Å²) in [4.78, 5) is 23.0. The summed E-state index contributed by atoms with van der Waals surface area (Å²) in [5, 5.41) is 8.91. The zero-order valence-corrected chi connectivity index (χ0v) is 15.1. The van der Waals surface area contributed by atoms with Gasteiger partial charge in [0.15, 0.2) is 5.78 Å². The summed E-state index contributed by atoms with van der Waals surface area (Å²) >= 11 is 0. The fourth-order valence-corrected chi connectivity index (χ4v) is 4.86. The van der Waals surface area contributed by atoms with Crippen LogP contribution in [0.25, 0.3) is 0 Å². The highest BCUT2D eigenvalue weighted by Crippen LogP contribution is 2.61. The third-order valence-electron chi connectivity index (χ3n) is 6.90. The van der Waals surface area contributed by atoms with Crippen molar-refractivity contribution < 1.29 is 14.7 Å². The minimum Gasteiger partial charge on any atom is -0.478 e. The molecule has 0 spiro atoms. The number of aliphatic carboxylic acids is 1. The molecule has 3 heteroatoms. The van der Waals surface area contributed by atoms with Gasteiger partial charge in [-0.15, -0.1) is 0 Å². The predicted octanol–water partition coefficient (Wildman–Crippen LogP) is 4.78. The van der Waals surface area contributed by atoms with Crippen LogP contribution >= 0.6 is 0 Å². The van der Waals surface area contributed by atoms with E-state index in [1.54, 1.807) is 0 Å². The van der Waals surface area contributed by atoms with Crippen LogP contribution in [0.4, 0.5) is 0 Å². The molecule has 0 bridgehead atoms. The van der Waals surface area contributed by atoms with Crippen LogP contribution in [-0.4, -0.2) is 16.9 Å². The van der Waals surface area contributed by atoms with Gasteiger partial charge < -0.3 is 5.11 Å². The maximum atomic E-state index is 12.2. The molecule has 0 aromatic carbocycles. The number of fused-ring (bicyclic) bond motifs is 1. The van der Waals surface area contributed by atoms with Crippen LogP contribution in [0.3, 0.4) is 0 Å². The first-order valence-corrected chi connectivity index (χ1v) is 8.71. The Morgan fingerprint density at radius 2 is 2.09 bits per heavy atom. The third-order valence-corrected chi connectivity index (χ3v) is 6.90. The van der Waals surface area contributed by atoms with Crippen LogP contribution in [0.1, 0.15) is 66.7 Å². The van der Waals surface area contributed by atoms with Crippen LogP contribution < -0.4 is 0 Å². The lowest BCUT2D eigenvalue weighted by Crippen LogP contribution is -2.50. The van der Waals surface area contributed by atoms with Crippen LogP contribution in [-0.2, 0) is 9.59 Å². The van der Waals surface area contributed by atoms with E-state index in [4.69, 9.17) is 5.11 Å². The van der Waals surface area contributed by atoms with Crippen molar-refractivity contribution in [2.75, 3.05) is 0 Å². The van der Waals surface area contributed by atoms with E-state index in [9.17, 15) is 9.59 Å². The first kappa shape index (κ1) is 18.0. The molecular formula is C20H30O3. The molecule has 0 aliphatic heterocycles. The zero-order chi connectivity index (χ0) is 17.4. The maximum absolute atomic E-state index is 12.2. The maximum Gasteiger partial charge on any atom is 0.328 e. The van der Waals surface area contributed by atoms with E-state index in [-0.39, 0.29) is 16.6 Å². The van der Waals surface area contributed by atoms with E-state index in [1.807, 2.05) is 13.0 Å². The molecule has 4 atom stereocenters. The van der Waals surface area contributed by atoms with Gasteiger partial charge in [-0.2, -0.15) is 0 Å². The lowest BCUT2D eigenvalue weighted by Gasteiger charge is -2.57. The molecule has 1 N–H and O–H groups in total. The van der Waals surface area contributed by atoms with Crippen LogP contribution in [0.15, 0.2) is 23.3 Å². The van der Waals surface area contributed by atoms with Crippen molar-refractivity contribution in [2.45, 2.75) is 66.7 Å². The Kier molecular flexibility index (Phi) is 4.89. The molecule has 0 unspecified atom stereocenters. The molecule has 1 fully saturated rings. The van der Waals surface area contributed by atoms with E-state index >= 15 is 0 Å². The first-order valence-electron chi connectivity index (χ1n) is 8.71. The first-order chi connectivity index (χ1) is 10.6. The van der Waals surface area contributed by atoms with Gasteiger partial charge in [-0.05, 0) is 68.3 Å². The van der Waals surface area contributed by atoms with Gasteiger partial charge in [0, 0.05) is 12.5 Å². The highest BCUT2D eigenvalue weighted by atomic mass is 16.4. The van der Waals surface area contributed by atoms with Crippen LogP contribution in [0.5, 0.6) is 0 Å². The van der Waals surface area contributed by atoms with E-state index in [2.05, 4.69) is 27.7 Å². The fraction of sp³-hybridized carbons (Fsp3) is 0.700. The SMILES string of the molecule is CC1=CC(=O)C[C@@H]2[C@@](C)(CC/C(C)=C\C(=O)O)[C@H](C)CC[C@@]12C. The zero-order valence-electron chi connectivity index (χ0n) is 15.1. The average molecular weight is 318 g/mol. The van der Waals surface area contributed by atoms with Crippen molar-refractivity contribution in [1.82, 2.24) is 0 Å². The molecule has 0 radical (unpaired) electrons. The standard InChI is InChI=1S/C20H30O3/c1-13(10-18(22)23)6-8-19(4)14(2)7-9-20(5)15(3)11-16(21)12-17(19)20/h10-11,14,17H,6-9,12H2,1-5H3,(H,22,23)/b13-10-/t14-,17-,19+,20+/m1/s1. The molecule has 0 aromatic rings. The molecule has 3 nitrogen and oxygen atoms in total. The summed E-state index contributed by atoms with van der Waals surface area (Å²) in [7, 11) is 0. The van der Waals surface area contributed by atoms with Crippen LogP contribution in [0.2, 0.25) is 0 Å². The molecule has 23 heavy (non-hydrogen) atoms. The molecular weight excluding hydrogens is 288 g/mol. The Morgan fingerprint density at radius 3 is 2.70 bits per heavy atom. The second-order valence-corrected chi connectivity index (χ2v) is 8.24. The molecule has 2 aliphatic carbocycles. The van der Waals surface area contributed by atoms with Gasteiger partial charge in [0.25, 0.3) is 0 Å². The summed E-state index contributed by atoms with van der Waals surface area (Å²) in [6.45, 7) is 10.9. The number of rotatable bonds is 4. The van der Waals surface area contributed by atoms with Gasteiger partial charge in [0.1, 0.15) is 0 Å². The molecule has 2 rings (SSSR count). The van der Waals surface area contributed by atoms with Gasteiger partial charge in [-0.25, -0.2) is 4.79 Å². The number of carboxylic acids is 1. The summed E-state index contributed by atoms with van der Waals surface area (Å²) in [6, 6.07) is 0. The van der Waals surface area contributed by atoms with Crippen molar-refractivity contribution >= 4 is 11.8 Å². The Labute approximate surface area is 139 Å². The third kappa shape index (κ3) is 3.29. The summed E-state index contributed by atoms with van der Waals surface area (Å²) in [5.74, 6) is 0.287. The molecule has 0 saturated heterocycles. The van der Waals surface area contributed by atoms with Gasteiger partial charge in [-0.3, -0.25) is 4.79 Å². The Bertz CT molecular complexity index is 571. The Morgan fingerprint density at radius 1 is 1.43 bits per heavy atom. The highest BCUT2D eigenvalue weighted by Gasteiger charge is 2.54. The van der Waals surface area contributed by atoms with Crippen molar-refractivity contribution in [3.05, 3.63) is 23.3 Å². The summed E-state index contributed by atoms with van der Waals surface area (Å²) < 4.78 is 0. The number of carbonyl (C=O) groups excluding carboxylic acids is 1. The Balaban J connectivity index is 2.29. The smallest absolute Gasteiger partial charge is 0.328 e. The van der Waals surface area contributed by atoms with Crippen molar-refractivity contribution in [1.29, 1.82) is 0 Å². The van der Waals surface area contributed by atoms with Gasteiger partial charge in [-0.1, -0.05) is 31.9 Å². The van der Waals surface area contributed by atoms with Gasteiger partial charge in [0.2, 0.25) is 0 Å². The number of carboxylic acid groups (broad SMARTS) is 1. The predicted molar refractivity (Wildman–Crippen MR) is 92.1 cm³/mol. The number of carbonyl (C=O) groups is 2. The fourth-order valence-electron chi connectivity index (χ4n) is 4.86. The monoisotopic (exact) mass is 318 g/mol. The van der Waals surface area contributed by atoms with E-state index in [0.29, 0.717) is 18.3 Å². The molecule has 128 valence electrons. The normalized spacial score (nSPS) is 38.0. The van der Waals surface area contributed by atoms with Crippen molar-refractivity contribution in [3.63, 3.8) is 0 Å². The summed E-state index contributed by atoms with van der Waals surface area (Å²) in [5.41, 5.74) is 2.33. The van der Waals surface area contributed by atoms with Crippen molar-refractivity contribution in [3.8, 4) is 0 Å². The average Bonchev–Trinajstić information content (AvgIpc) is 2.44. The topological polar surface area (TPSA) is 54.4 Å². The molecule has 0 aromatic heterocycles. The van der Waals surface area contributed by atoms with Gasteiger partial charge in [0.05, 0.1) is 0 Å². The largest absolute Gasteiger partial charge is 0.478 e. The second kappa shape index (κ2) is 6.26. The van der Waals surface area contributed by atoms with E-state index in [0.717, 1.165) is 24.8 Å². The lowest BCUT2D eigenvalue weighted by molar-refractivity contribution is -0.131. The number of hydrogen-bond donors (Lipinski definition) is 1. The number of ketones is 1. The number of hydrogen-bond acceptors (Lipinski definition) is 2. The van der Waals surface area contributed by atoms with E-state index < -0.39 is 5.97 Å². The Hall–Kier alpha value is -1.38. The van der Waals surface area contributed by atoms with Gasteiger partial charge >= 0.3 is 5.97 Å². The van der Waals surface area contributed by atoms with Crippen LogP contribution in [0, 0.1) is 22.7 Å². The molecule has 2 aliphatic rings. The van der Waals surface area contributed by atoms with Crippen molar-refractivity contribution in [2.24, 2.45) is 22.7 Å². The summed E-state index contributed by atoms with van der Waals surface area (Å²) in [6.07, 6.45) is 7.85. The molecule has 0 amide bonds. The van der Waals surface area contributed by atoms with E-state index in [1.165, 1.54) is 18.1 Å². The minimum atomic E-state index is -0.874. The second-order valence-electron chi connectivity index (χ2n) is 8.24. The minimum absolute atomic E-state index is 0.0752. The highest BCUT2D eigenvalue weighted by molar-refractivity contribution is 5.92. The lowest BCUT2D eigenvalue weighted by atomic mass is 9.47. The number of allylic oxidation sites excluding steroid dienone is 3. The quantitative estimate of drug-likeness (QED) is 0.759. The molecule has 1 saturated carbocycles. The molecule has 0 heterocycles.